The van der Waals surface area contributed by atoms with Crippen molar-refractivity contribution in [1.29, 1.82) is 0 Å². The Labute approximate surface area is 107 Å². The fourth-order valence-corrected chi connectivity index (χ4v) is 1.87. The third kappa shape index (κ3) is 5.35. The van der Waals surface area contributed by atoms with Gasteiger partial charge in [0.1, 0.15) is 0 Å². The predicted octanol–water partition coefficient (Wildman–Crippen LogP) is -2.54. The minimum Gasteiger partial charge on any atom is -0.550 e. The largest absolute Gasteiger partial charge is 1.00 e. The summed E-state index contributed by atoms with van der Waals surface area (Å²) in [7, 11) is 0. The number of aliphatic hydroxyl groups is 1. The summed E-state index contributed by atoms with van der Waals surface area (Å²) in [5, 5.41) is 20.1. The van der Waals surface area contributed by atoms with Gasteiger partial charge in [-0.15, -0.1) is 0 Å². The average Bonchev–Trinajstić information content (AvgIpc) is 2.17. The number of carbonyl (C=O) groups is 1. The first-order chi connectivity index (χ1) is 6.20. The molecule has 1 aliphatic carbocycles. The Balaban J connectivity index is 0.00000169. The van der Waals surface area contributed by atoms with Crippen LogP contribution in [0.3, 0.4) is 0 Å². The number of carbonyl (C=O) groups excluding carboxylic acids is 1. The molecule has 0 amide bonds. The van der Waals surface area contributed by atoms with Gasteiger partial charge in [0.05, 0.1) is 6.10 Å². The van der Waals surface area contributed by atoms with E-state index in [9.17, 15) is 15.0 Å². The van der Waals surface area contributed by atoms with Gasteiger partial charge in [-0.25, -0.2) is 0 Å². The molecule has 1 saturated carbocycles. The van der Waals surface area contributed by atoms with Gasteiger partial charge in [0.2, 0.25) is 0 Å². The van der Waals surface area contributed by atoms with Gasteiger partial charge in [0, 0.05) is 5.97 Å². The van der Waals surface area contributed by atoms with Gasteiger partial charge in [0.25, 0.3) is 0 Å². The van der Waals surface area contributed by atoms with E-state index in [2.05, 4.69) is 0 Å². The Morgan fingerprint density at radius 2 is 1.71 bits per heavy atom. The van der Waals surface area contributed by atoms with Gasteiger partial charge >= 0.3 is 29.6 Å². The number of rotatable bonds is 1. The van der Waals surface area contributed by atoms with Crippen LogP contribution in [0.2, 0.25) is 0 Å². The third-order valence-electron chi connectivity index (χ3n) is 2.77. The van der Waals surface area contributed by atoms with Crippen LogP contribution in [0.4, 0.5) is 0 Å². The maximum absolute atomic E-state index is 10.6. The summed E-state index contributed by atoms with van der Waals surface area (Å²) >= 11 is 0. The summed E-state index contributed by atoms with van der Waals surface area (Å²) in [6.07, 6.45) is 5.41. The number of aliphatic hydroxyl groups excluding tert-OH is 1. The van der Waals surface area contributed by atoms with Gasteiger partial charge in [-0.1, -0.05) is 19.3 Å². The summed E-state index contributed by atoms with van der Waals surface area (Å²) < 4.78 is 0. The minimum atomic E-state index is -0.950. The van der Waals surface area contributed by atoms with Crippen LogP contribution in [0, 0.1) is 5.92 Å². The molecule has 0 aromatic carbocycles. The van der Waals surface area contributed by atoms with E-state index in [-0.39, 0.29) is 41.6 Å². The summed E-state index contributed by atoms with van der Waals surface area (Å²) in [4.78, 5) is 10.6. The van der Waals surface area contributed by atoms with Crippen LogP contribution in [0.15, 0.2) is 0 Å². The van der Waals surface area contributed by atoms with Crippen LogP contribution in [-0.4, -0.2) is 17.2 Å². The SMILES string of the molecule is O=C([O-])C1CCCCCC(O)CC1.[Na+]. The molecule has 0 spiro atoms. The van der Waals surface area contributed by atoms with Crippen molar-refractivity contribution in [1.82, 2.24) is 0 Å². The molecule has 1 rings (SSSR count). The first-order valence-electron chi connectivity index (χ1n) is 5.09. The molecule has 2 atom stereocenters. The Hall–Kier alpha value is 0.430. The van der Waals surface area contributed by atoms with Crippen molar-refractivity contribution in [3.63, 3.8) is 0 Å². The second-order valence-corrected chi connectivity index (χ2v) is 3.89. The van der Waals surface area contributed by atoms with Gasteiger partial charge in [-0.2, -0.15) is 0 Å². The average molecular weight is 208 g/mol. The van der Waals surface area contributed by atoms with E-state index in [4.69, 9.17) is 0 Å². The predicted molar refractivity (Wildman–Crippen MR) is 46.8 cm³/mol. The second kappa shape index (κ2) is 7.69. The van der Waals surface area contributed by atoms with Crippen molar-refractivity contribution in [2.24, 2.45) is 5.92 Å². The number of aliphatic carboxylic acids is 1. The van der Waals surface area contributed by atoms with Crippen LogP contribution in [0.25, 0.3) is 0 Å². The standard InChI is InChI=1S/C10H18O3.Na/c11-9-5-3-1-2-4-8(6-7-9)10(12)13;/h8-9,11H,1-7H2,(H,12,13);/q;+1/p-1. The maximum Gasteiger partial charge on any atom is 1.00 e. The summed E-state index contributed by atoms with van der Waals surface area (Å²) in [6.45, 7) is 0. The van der Waals surface area contributed by atoms with Crippen LogP contribution >= 0.6 is 0 Å². The summed E-state index contributed by atoms with van der Waals surface area (Å²) in [5.41, 5.74) is 0. The first kappa shape index (κ1) is 14.4. The van der Waals surface area contributed by atoms with Crippen molar-refractivity contribution >= 4 is 5.97 Å². The second-order valence-electron chi connectivity index (χ2n) is 3.89. The van der Waals surface area contributed by atoms with Crippen molar-refractivity contribution < 1.29 is 44.6 Å². The Morgan fingerprint density at radius 1 is 1.07 bits per heavy atom. The molecule has 1 N–H and O–H groups in total. The number of hydrogen-bond acceptors (Lipinski definition) is 3. The topological polar surface area (TPSA) is 60.4 Å². The monoisotopic (exact) mass is 208 g/mol. The number of carboxylic acid groups (broad SMARTS) is 1. The molecule has 76 valence electrons. The van der Waals surface area contributed by atoms with E-state index in [1.165, 1.54) is 0 Å². The summed E-state index contributed by atoms with van der Waals surface area (Å²) in [5.74, 6) is -1.29. The Bertz CT molecular complexity index is 173. The molecule has 2 unspecified atom stereocenters. The van der Waals surface area contributed by atoms with Crippen LogP contribution in [0.1, 0.15) is 44.9 Å². The molecule has 0 aliphatic heterocycles. The van der Waals surface area contributed by atoms with E-state index in [1.54, 1.807) is 0 Å². The minimum absolute atomic E-state index is 0. The molecular weight excluding hydrogens is 191 g/mol. The smallest absolute Gasteiger partial charge is 0.550 e. The molecule has 4 heteroatoms. The summed E-state index contributed by atoms with van der Waals surface area (Å²) in [6, 6.07) is 0. The molecule has 0 aromatic heterocycles. The van der Waals surface area contributed by atoms with Gasteiger partial charge < -0.3 is 15.0 Å². The maximum atomic E-state index is 10.6. The number of hydrogen-bond donors (Lipinski definition) is 1. The zero-order valence-electron chi connectivity index (χ0n) is 8.87. The van der Waals surface area contributed by atoms with E-state index in [1.807, 2.05) is 0 Å². The fraction of sp³-hybridized carbons (Fsp3) is 0.900. The molecule has 0 saturated heterocycles. The van der Waals surface area contributed by atoms with Crippen molar-refractivity contribution in [2.45, 2.75) is 51.0 Å². The van der Waals surface area contributed by atoms with Crippen LogP contribution < -0.4 is 34.7 Å². The normalized spacial score (nSPS) is 29.2. The molecule has 0 radical (unpaired) electrons. The molecule has 0 bridgehead atoms. The Kier molecular flexibility index (Phi) is 7.92. The van der Waals surface area contributed by atoms with Crippen molar-refractivity contribution in [3.8, 4) is 0 Å². The van der Waals surface area contributed by atoms with E-state index >= 15 is 0 Å². The zero-order valence-corrected chi connectivity index (χ0v) is 10.9. The van der Waals surface area contributed by atoms with Crippen LogP contribution in [0.5, 0.6) is 0 Å². The zero-order chi connectivity index (χ0) is 9.68. The van der Waals surface area contributed by atoms with E-state index < -0.39 is 5.97 Å². The molecule has 1 aliphatic rings. The van der Waals surface area contributed by atoms with E-state index in [0.29, 0.717) is 12.8 Å². The van der Waals surface area contributed by atoms with Crippen LogP contribution in [-0.2, 0) is 4.79 Å². The Morgan fingerprint density at radius 3 is 2.36 bits per heavy atom. The van der Waals surface area contributed by atoms with Crippen molar-refractivity contribution in [3.05, 3.63) is 0 Å². The molecule has 0 aromatic rings. The first-order valence-corrected chi connectivity index (χ1v) is 5.09. The van der Waals surface area contributed by atoms with Gasteiger partial charge in [-0.05, 0) is 31.6 Å². The quantitative estimate of drug-likeness (QED) is 0.483. The van der Waals surface area contributed by atoms with Crippen molar-refractivity contribution in [2.75, 3.05) is 0 Å². The fourth-order valence-electron chi connectivity index (χ4n) is 1.87. The molecule has 3 nitrogen and oxygen atoms in total. The number of carboxylic acids is 1. The van der Waals surface area contributed by atoms with Gasteiger partial charge in [0.15, 0.2) is 0 Å². The molecule has 1 fully saturated rings. The molecular formula is C10H17NaO3. The molecule has 14 heavy (non-hydrogen) atoms. The molecule has 0 heterocycles. The van der Waals surface area contributed by atoms with Gasteiger partial charge in [-0.3, -0.25) is 0 Å². The van der Waals surface area contributed by atoms with E-state index in [0.717, 1.165) is 32.1 Å². The third-order valence-corrected chi connectivity index (χ3v) is 2.77.